The number of hydrogen-bond donors (Lipinski definition) is 3. The minimum absolute atomic E-state index is 0.0264. The van der Waals surface area contributed by atoms with Gasteiger partial charge in [0.2, 0.25) is 0 Å². The van der Waals surface area contributed by atoms with Crippen molar-refractivity contribution in [2.45, 2.75) is 25.2 Å². The molecule has 1 aromatic carbocycles. The zero-order valence-corrected chi connectivity index (χ0v) is 15.3. The minimum atomic E-state index is -0.264. The van der Waals surface area contributed by atoms with Crippen molar-refractivity contribution in [3.8, 4) is 0 Å². The Labute approximate surface area is 152 Å². The topological polar surface area (TPSA) is 70.6 Å². The molecule has 0 bridgehead atoms. The molecule has 1 unspecified atom stereocenters. The molecule has 0 spiro atoms. The van der Waals surface area contributed by atoms with Crippen LogP contribution in [0.5, 0.6) is 0 Å². The molecule has 1 aromatic rings. The molecule has 7 heteroatoms. The summed E-state index contributed by atoms with van der Waals surface area (Å²) in [4.78, 5) is 12.0. The third-order valence-electron chi connectivity index (χ3n) is 4.46. The molecule has 2 rings (SSSR count). The van der Waals surface area contributed by atoms with E-state index < -0.39 is 0 Å². The lowest BCUT2D eigenvalue weighted by Crippen LogP contribution is -2.48. The molecule has 0 saturated carbocycles. The Hall–Kier alpha value is -1.01. The molecule has 0 radical (unpaired) electrons. The second-order valence-corrected chi connectivity index (χ2v) is 7.21. The van der Waals surface area contributed by atoms with Crippen molar-refractivity contribution in [3.05, 3.63) is 33.8 Å². The van der Waals surface area contributed by atoms with E-state index in [1.807, 2.05) is 19.1 Å². The molecule has 134 valence electrons. The highest BCUT2D eigenvalue weighted by molar-refractivity contribution is 6.35. The lowest BCUT2D eigenvalue weighted by Gasteiger charge is -2.38. The molecule has 24 heavy (non-hydrogen) atoms. The summed E-state index contributed by atoms with van der Waals surface area (Å²) < 4.78 is 5.48. The molecule has 1 atom stereocenters. The van der Waals surface area contributed by atoms with Crippen LogP contribution in [0.3, 0.4) is 0 Å². The summed E-state index contributed by atoms with van der Waals surface area (Å²) in [5.41, 5.74) is 0.723. The molecule has 3 N–H and O–H groups in total. The van der Waals surface area contributed by atoms with Gasteiger partial charge in [0.1, 0.15) is 0 Å². The van der Waals surface area contributed by atoms with Gasteiger partial charge in [0.15, 0.2) is 0 Å². The third-order valence-corrected chi connectivity index (χ3v) is 5.01. The van der Waals surface area contributed by atoms with Gasteiger partial charge in [0, 0.05) is 48.4 Å². The number of ether oxygens (including phenoxy) is 1. The van der Waals surface area contributed by atoms with Crippen molar-refractivity contribution in [2.24, 2.45) is 5.92 Å². The zero-order chi connectivity index (χ0) is 17.6. The largest absolute Gasteiger partial charge is 0.396 e. The monoisotopic (exact) mass is 374 g/mol. The van der Waals surface area contributed by atoms with Gasteiger partial charge in [-0.05, 0) is 36.5 Å². The second kappa shape index (κ2) is 8.90. The number of hydrogen-bond acceptors (Lipinski definition) is 3. The minimum Gasteiger partial charge on any atom is -0.396 e. The third kappa shape index (κ3) is 4.99. The van der Waals surface area contributed by atoms with Crippen molar-refractivity contribution in [3.63, 3.8) is 0 Å². The molecule has 1 aliphatic heterocycles. The maximum absolute atomic E-state index is 12.0. The van der Waals surface area contributed by atoms with Crippen LogP contribution in [-0.4, -0.2) is 44.0 Å². The van der Waals surface area contributed by atoms with Gasteiger partial charge >= 0.3 is 6.03 Å². The maximum Gasteiger partial charge on any atom is 0.314 e. The van der Waals surface area contributed by atoms with Crippen LogP contribution in [-0.2, 0) is 10.2 Å². The van der Waals surface area contributed by atoms with Crippen LogP contribution < -0.4 is 10.6 Å². The van der Waals surface area contributed by atoms with Crippen LogP contribution >= 0.6 is 23.2 Å². The Morgan fingerprint density at radius 3 is 2.67 bits per heavy atom. The fraction of sp³-hybridized carbons (Fsp3) is 0.588. The molecular formula is C17H24Cl2N2O3. The summed E-state index contributed by atoms with van der Waals surface area (Å²) in [6.45, 7) is 4.07. The lowest BCUT2D eigenvalue weighted by molar-refractivity contribution is 0.0507. The number of halogens is 2. The lowest BCUT2D eigenvalue weighted by atomic mass is 9.74. The number of nitrogens with one attached hydrogen (secondary N) is 2. The molecule has 0 aliphatic carbocycles. The number of urea groups is 1. The number of aliphatic hydroxyl groups is 1. The van der Waals surface area contributed by atoms with Crippen molar-refractivity contribution in [2.75, 3.05) is 32.9 Å². The van der Waals surface area contributed by atoms with Gasteiger partial charge in [0.25, 0.3) is 0 Å². The van der Waals surface area contributed by atoms with Gasteiger partial charge in [-0.25, -0.2) is 4.79 Å². The standard InChI is InChI=1S/C17H24Cl2N2O3/c1-12(10-22)9-20-16(23)21-11-17(4-6-24-7-5-17)14-3-2-13(18)8-15(14)19/h2-3,8,12,22H,4-7,9-11H2,1H3,(H2,20,21,23). The number of carbonyl (C=O) groups is 1. The summed E-state index contributed by atoms with van der Waals surface area (Å²) in [6, 6.07) is 5.25. The highest BCUT2D eigenvalue weighted by Gasteiger charge is 2.36. The highest BCUT2D eigenvalue weighted by Crippen LogP contribution is 2.39. The van der Waals surface area contributed by atoms with E-state index in [0.29, 0.717) is 36.3 Å². The van der Waals surface area contributed by atoms with Crippen molar-refractivity contribution < 1.29 is 14.6 Å². The maximum atomic E-state index is 12.0. The van der Waals surface area contributed by atoms with Crippen LogP contribution in [0.25, 0.3) is 0 Å². The van der Waals surface area contributed by atoms with E-state index in [9.17, 15) is 4.79 Å². The molecule has 1 aliphatic rings. The quantitative estimate of drug-likeness (QED) is 0.716. The van der Waals surface area contributed by atoms with Gasteiger partial charge in [-0.3, -0.25) is 0 Å². The van der Waals surface area contributed by atoms with Crippen LogP contribution in [0.1, 0.15) is 25.3 Å². The normalized spacial score (nSPS) is 18.0. The van der Waals surface area contributed by atoms with Gasteiger partial charge in [-0.2, -0.15) is 0 Å². The van der Waals surface area contributed by atoms with E-state index in [1.165, 1.54) is 0 Å². The molecule has 0 aromatic heterocycles. The first kappa shape index (κ1) is 19.3. The first-order valence-electron chi connectivity index (χ1n) is 8.13. The van der Waals surface area contributed by atoms with E-state index in [4.69, 9.17) is 33.0 Å². The average molecular weight is 375 g/mol. The van der Waals surface area contributed by atoms with E-state index in [0.717, 1.165) is 18.4 Å². The SMILES string of the molecule is CC(CO)CNC(=O)NCC1(c2ccc(Cl)cc2Cl)CCOCC1. The average Bonchev–Trinajstić information content (AvgIpc) is 2.58. The van der Waals surface area contributed by atoms with E-state index >= 15 is 0 Å². The Morgan fingerprint density at radius 1 is 1.33 bits per heavy atom. The van der Waals surface area contributed by atoms with E-state index in [1.54, 1.807) is 6.07 Å². The number of carbonyl (C=O) groups excluding carboxylic acids is 1. The van der Waals surface area contributed by atoms with Crippen molar-refractivity contribution >= 4 is 29.2 Å². The molecule has 5 nitrogen and oxygen atoms in total. The molecule has 1 fully saturated rings. The Balaban J connectivity index is 2.07. The highest BCUT2D eigenvalue weighted by atomic mass is 35.5. The fourth-order valence-corrected chi connectivity index (χ4v) is 3.48. The summed E-state index contributed by atoms with van der Waals surface area (Å²) >= 11 is 12.4. The summed E-state index contributed by atoms with van der Waals surface area (Å²) in [6.07, 6.45) is 1.56. The number of rotatable bonds is 6. The predicted molar refractivity (Wildman–Crippen MR) is 95.8 cm³/mol. The van der Waals surface area contributed by atoms with E-state index in [2.05, 4.69) is 10.6 Å². The number of amides is 2. The Bertz CT molecular complexity index is 563. The van der Waals surface area contributed by atoms with Crippen molar-refractivity contribution in [1.29, 1.82) is 0 Å². The van der Waals surface area contributed by atoms with Gasteiger partial charge in [-0.15, -0.1) is 0 Å². The predicted octanol–water partition coefficient (Wildman–Crippen LogP) is 2.97. The van der Waals surface area contributed by atoms with Crippen LogP contribution in [0.2, 0.25) is 10.0 Å². The molecule has 1 saturated heterocycles. The van der Waals surface area contributed by atoms with Gasteiger partial charge in [0.05, 0.1) is 0 Å². The summed E-state index contributed by atoms with van der Waals surface area (Å²) in [5, 5.41) is 15.9. The molecular weight excluding hydrogens is 351 g/mol. The zero-order valence-electron chi connectivity index (χ0n) is 13.8. The second-order valence-electron chi connectivity index (χ2n) is 6.37. The first-order chi connectivity index (χ1) is 11.5. The Morgan fingerprint density at radius 2 is 2.04 bits per heavy atom. The van der Waals surface area contributed by atoms with Gasteiger partial charge in [-0.1, -0.05) is 36.2 Å². The smallest absolute Gasteiger partial charge is 0.314 e. The van der Waals surface area contributed by atoms with Crippen molar-refractivity contribution in [1.82, 2.24) is 10.6 Å². The number of benzene rings is 1. The van der Waals surface area contributed by atoms with Crippen LogP contribution in [0.4, 0.5) is 4.79 Å². The fourth-order valence-electron chi connectivity index (χ4n) is 2.87. The van der Waals surface area contributed by atoms with Crippen LogP contribution in [0, 0.1) is 5.92 Å². The summed E-state index contributed by atoms with van der Waals surface area (Å²) in [5.74, 6) is 0.0264. The summed E-state index contributed by atoms with van der Waals surface area (Å²) in [7, 11) is 0. The Kier molecular flexibility index (Phi) is 7.16. The van der Waals surface area contributed by atoms with E-state index in [-0.39, 0.29) is 24.0 Å². The first-order valence-corrected chi connectivity index (χ1v) is 8.88. The molecule has 1 heterocycles. The number of aliphatic hydroxyl groups excluding tert-OH is 1. The van der Waals surface area contributed by atoms with Crippen LogP contribution in [0.15, 0.2) is 18.2 Å². The van der Waals surface area contributed by atoms with Gasteiger partial charge < -0.3 is 20.5 Å². The molecule has 2 amide bonds.